The molecule has 2 aromatic rings. The lowest BCUT2D eigenvalue weighted by atomic mass is 10.2. The van der Waals surface area contributed by atoms with E-state index in [1.54, 1.807) is 26.8 Å². The predicted molar refractivity (Wildman–Crippen MR) is 103 cm³/mol. The fourth-order valence-electron chi connectivity index (χ4n) is 2.15. The SMILES string of the molecule is Cc1cccc(/C=C(\NC(=O)OC(C)(C)C)C(=O)OCc2ccccc2)n1. The molecule has 0 radical (unpaired) electrons. The van der Waals surface area contributed by atoms with Gasteiger partial charge in [-0.2, -0.15) is 0 Å². The van der Waals surface area contributed by atoms with Gasteiger partial charge in [0.25, 0.3) is 0 Å². The maximum Gasteiger partial charge on any atom is 0.412 e. The van der Waals surface area contributed by atoms with E-state index in [2.05, 4.69) is 10.3 Å². The van der Waals surface area contributed by atoms with E-state index in [1.807, 2.05) is 49.4 Å². The zero-order valence-electron chi connectivity index (χ0n) is 16.0. The molecule has 0 unspecified atom stereocenters. The molecular formula is C21H24N2O4. The molecule has 1 amide bonds. The van der Waals surface area contributed by atoms with Crippen LogP contribution in [0.3, 0.4) is 0 Å². The number of esters is 1. The van der Waals surface area contributed by atoms with Gasteiger partial charge >= 0.3 is 12.1 Å². The van der Waals surface area contributed by atoms with Crippen LogP contribution in [0.4, 0.5) is 4.79 Å². The van der Waals surface area contributed by atoms with Gasteiger partial charge in [0, 0.05) is 5.69 Å². The largest absolute Gasteiger partial charge is 0.456 e. The Morgan fingerprint density at radius 2 is 1.78 bits per heavy atom. The van der Waals surface area contributed by atoms with Gasteiger partial charge in [-0.3, -0.25) is 10.3 Å². The van der Waals surface area contributed by atoms with Crippen LogP contribution < -0.4 is 5.32 Å². The van der Waals surface area contributed by atoms with Gasteiger partial charge in [0.05, 0.1) is 5.69 Å². The average molecular weight is 368 g/mol. The number of nitrogens with zero attached hydrogens (tertiary/aromatic N) is 1. The number of aryl methyl sites for hydroxylation is 1. The maximum atomic E-state index is 12.5. The van der Waals surface area contributed by atoms with Crippen molar-refractivity contribution in [3.8, 4) is 0 Å². The normalized spacial score (nSPS) is 11.6. The number of hydrogen-bond donors (Lipinski definition) is 1. The molecule has 0 saturated heterocycles. The number of aromatic nitrogens is 1. The first-order chi connectivity index (χ1) is 12.7. The molecule has 1 heterocycles. The standard InChI is InChI=1S/C21H24N2O4/c1-15-9-8-12-17(22-15)13-18(23-20(25)27-21(2,3)4)19(24)26-14-16-10-6-5-7-11-16/h5-13H,14H2,1-4H3,(H,23,25)/b18-13-. The Hall–Kier alpha value is -3.15. The molecule has 6 nitrogen and oxygen atoms in total. The number of alkyl carbamates (subject to hydrolysis) is 1. The molecular weight excluding hydrogens is 344 g/mol. The molecule has 142 valence electrons. The predicted octanol–water partition coefficient (Wildman–Crippen LogP) is 4.00. The number of pyridine rings is 1. The Balaban J connectivity index is 2.17. The molecule has 2 rings (SSSR count). The molecule has 0 bridgehead atoms. The summed E-state index contributed by atoms with van der Waals surface area (Å²) in [5.41, 5.74) is 1.43. The van der Waals surface area contributed by atoms with Crippen molar-refractivity contribution < 1.29 is 19.1 Å². The summed E-state index contributed by atoms with van der Waals surface area (Å²) in [5.74, 6) is -0.673. The first-order valence-electron chi connectivity index (χ1n) is 8.59. The molecule has 0 fully saturated rings. The van der Waals surface area contributed by atoms with Crippen LogP contribution in [0, 0.1) is 6.92 Å². The summed E-state index contributed by atoms with van der Waals surface area (Å²) in [4.78, 5) is 28.9. The smallest absolute Gasteiger partial charge is 0.412 e. The van der Waals surface area contributed by atoms with Crippen molar-refractivity contribution in [3.05, 3.63) is 71.2 Å². The van der Waals surface area contributed by atoms with Crippen LogP contribution in [0.1, 0.15) is 37.7 Å². The van der Waals surface area contributed by atoms with Gasteiger partial charge in [-0.1, -0.05) is 36.4 Å². The van der Waals surface area contributed by atoms with E-state index in [0.29, 0.717) is 5.69 Å². The quantitative estimate of drug-likeness (QED) is 0.638. The number of hydrogen-bond acceptors (Lipinski definition) is 5. The van der Waals surface area contributed by atoms with Crippen molar-refractivity contribution >= 4 is 18.1 Å². The topological polar surface area (TPSA) is 77.5 Å². The van der Waals surface area contributed by atoms with E-state index in [0.717, 1.165) is 11.3 Å². The lowest BCUT2D eigenvalue weighted by Gasteiger charge is -2.20. The maximum absolute atomic E-state index is 12.5. The second-order valence-electron chi connectivity index (χ2n) is 6.95. The van der Waals surface area contributed by atoms with Gasteiger partial charge in [0.2, 0.25) is 0 Å². The third kappa shape index (κ3) is 7.32. The van der Waals surface area contributed by atoms with Crippen molar-refractivity contribution in [1.82, 2.24) is 10.3 Å². The van der Waals surface area contributed by atoms with E-state index in [1.165, 1.54) is 6.08 Å². The summed E-state index contributed by atoms with van der Waals surface area (Å²) >= 11 is 0. The van der Waals surface area contributed by atoms with Gasteiger partial charge in [0.1, 0.15) is 17.9 Å². The molecule has 0 atom stereocenters. The summed E-state index contributed by atoms with van der Waals surface area (Å²) in [7, 11) is 0. The molecule has 0 aliphatic rings. The highest BCUT2D eigenvalue weighted by Gasteiger charge is 2.20. The Morgan fingerprint density at radius 3 is 2.41 bits per heavy atom. The summed E-state index contributed by atoms with van der Waals surface area (Å²) in [6.45, 7) is 7.16. The highest BCUT2D eigenvalue weighted by Crippen LogP contribution is 2.11. The zero-order chi connectivity index (χ0) is 19.9. The summed E-state index contributed by atoms with van der Waals surface area (Å²) in [6.07, 6.45) is 0.725. The number of nitrogens with one attached hydrogen (secondary N) is 1. The Morgan fingerprint density at radius 1 is 1.07 bits per heavy atom. The lowest BCUT2D eigenvalue weighted by molar-refractivity contribution is -0.140. The van der Waals surface area contributed by atoms with Crippen molar-refractivity contribution in [2.45, 2.75) is 39.9 Å². The lowest BCUT2D eigenvalue weighted by Crippen LogP contribution is -2.34. The number of carbonyl (C=O) groups is 2. The van der Waals surface area contributed by atoms with Gasteiger partial charge in [-0.05, 0) is 51.5 Å². The van der Waals surface area contributed by atoms with E-state index in [-0.39, 0.29) is 12.3 Å². The zero-order valence-corrected chi connectivity index (χ0v) is 16.0. The molecule has 27 heavy (non-hydrogen) atoms. The first-order valence-corrected chi connectivity index (χ1v) is 8.59. The van der Waals surface area contributed by atoms with Crippen LogP contribution in [0.15, 0.2) is 54.2 Å². The highest BCUT2D eigenvalue weighted by atomic mass is 16.6. The van der Waals surface area contributed by atoms with Gasteiger partial charge in [-0.15, -0.1) is 0 Å². The van der Waals surface area contributed by atoms with Crippen molar-refractivity contribution in [1.29, 1.82) is 0 Å². The van der Waals surface area contributed by atoms with Crippen LogP contribution in [-0.4, -0.2) is 22.6 Å². The van der Waals surface area contributed by atoms with Crippen LogP contribution in [0.25, 0.3) is 6.08 Å². The summed E-state index contributed by atoms with van der Waals surface area (Å²) in [6, 6.07) is 14.7. The molecule has 1 aromatic carbocycles. The van der Waals surface area contributed by atoms with E-state index in [4.69, 9.17) is 9.47 Å². The van der Waals surface area contributed by atoms with Gasteiger partial charge in [0.15, 0.2) is 0 Å². The van der Waals surface area contributed by atoms with Crippen LogP contribution >= 0.6 is 0 Å². The molecule has 0 aliphatic carbocycles. The highest BCUT2D eigenvalue weighted by molar-refractivity contribution is 5.96. The molecule has 1 aromatic heterocycles. The summed E-state index contributed by atoms with van der Waals surface area (Å²) in [5, 5.41) is 2.46. The van der Waals surface area contributed by atoms with Crippen LogP contribution in [-0.2, 0) is 20.9 Å². The van der Waals surface area contributed by atoms with E-state index < -0.39 is 17.7 Å². The molecule has 0 spiro atoms. The Labute approximate surface area is 159 Å². The molecule has 1 N–H and O–H groups in total. The number of carbonyl (C=O) groups excluding carboxylic acids is 2. The number of amides is 1. The van der Waals surface area contributed by atoms with Gasteiger partial charge in [-0.25, -0.2) is 9.59 Å². The minimum atomic E-state index is -0.738. The monoisotopic (exact) mass is 368 g/mol. The second-order valence-corrected chi connectivity index (χ2v) is 6.95. The Bertz CT molecular complexity index is 824. The van der Waals surface area contributed by atoms with Crippen molar-refractivity contribution in [2.75, 3.05) is 0 Å². The van der Waals surface area contributed by atoms with Crippen molar-refractivity contribution in [3.63, 3.8) is 0 Å². The fourth-order valence-corrected chi connectivity index (χ4v) is 2.15. The van der Waals surface area contributed by atoms with E-state index in [9.17, 15) is 9.59 Å². The van der Waals surface area contributed by atoms with Gasteiger partial charge < -0.3 is 9.47 Å². The van der Waals surface area contributed by atoms with E-state index >= 15 is 0 Å². The number of rotatable bonds is 5. The third-order valence-corrected chi connectivity index (χ3v) is 3.27. The Kier molecular flexibility index (Phi) is 6.71. The van der Waals surface area contributed by atoms with Crippen molar-refractivity contribution in [2.24, 2.45) is 0 Å². The second kappa shape index (κ2) is 8.98. The third-order valence-electron chi connectivity index (χ3n) is 3.27. The first kappa shape index (κ1) is 20.2. The number of benzene rings is 1. The average Bonchev–Trinajstić information content (AvgIpc) is 2.58. The summed E-state index contributed by atoms with van der Waals surface area (Å²) < 4.78 is 10.5. The minimum absolute atomic E-state index is 0.0433. The number of ether oxygens (including phenoxy) is 2. The molecule has 6 heteroatoms. The minimum Gasteiger partial charge on any atom is -0.456 e. The van der Waals surface area contributed by atoms with Crippen LogP contribution in [0.5, 0.6) is 0 Å². The molecule has 0 aliphatic heterocycles. The van der Waals surface area contributed by atoms with Crippen LogP contribution in [0.2, 0.25) is 0 Å². The fraction of sp³-hybridized carbons (Fsp3) is 0.286. The molecule has 0 saturated carbocycles.